The van der Waals surface area contributed by atoms with Crippen LogP contribution >= 0.6 is 23.2 Å². The number of pyridine rings is 1. The number of hydrogen-bond donors (Lipinski definition) is 1. The second-order valence-electron chi connectivity index (χ2n) is 9.47. The van der Waals surface area contributed by atoms with Crippen molar-refractivity contribution in [3.8, 4) is 17.2 Å². The Morgan fingerprint density at radius 2 is 1.68 bits per heavy atom. The summed E-state index contributed by atoms with van der Waals surface area (Å²) in [6.45, 7) is 4.10. The van der Waals surface area contributed by atoms with Crippen LogP contribution in [0.1, 0.15) is 37.0 Å². The summed E-state index contributed by atoms with van der Waals surface area (Å²) < 4.78 is 11.6. The van der Waals surface area contributed by atoms with Gasteiger partial charge in [0, 0.05) is 43.7 Å². The van der Waals surface area contributed by atoms with Crippen molar-refractivity contribution in [2.75, 3.05) is 22.9 Å². The number of anilines is 2. The van der Waals surface area contributed by atoms with Crippen LogP contribution in [-0.2, 0) is 4.79 Å². The van der Waals surface area contributed by atoms with Crippen LogP contribution in [0.5, 0.6) is 17.2 Å². The van der Waals surface area contributed by atoms with E-state index in [1.54, 1.807) is 11.0 Å². The molecule has 0 radical (unpaired) electrons. The zero-order valence-electron chi connectivity index (χ0n) is 20.3. The summed E-state index contributed by atoms with van der Waals surface area (Å²) >= 11 is 12.8. The molecule has 1 aliphatic carbocycles. The fourth-order valence-corrected chi connectivity index (χ4v) is 4.63. The fourth-order valence-electron chi connectivity index (χ4n) is 4.24. The van der Waals surface area contributed by atoms with Crippen molar-refractivity contribution in [3.05, 3.63) is 70.5 Å². The van der Waals surface area contributed by atoms with Crippen molar-refractivity contribution in [3.63, 3.8) is 0 Å². The summed E-state index contributed by atoms with van der Waals surface area (Å²) in [7, 11) is 0. The first-order valence-electron chi connectivity index (χ1n) is 11.9. The Hall–Kier alpha value is -3.49. The highest BCUT2D eigenvalue weighted by Crippen LogP contribution is 2.42. The number of hydrogen-bond acceptors (Lipinski definition) is 6. The molecule has 0 bridgehead atoms. The van der Waals surface area contributed by atoms with Gasteiger partial charge >= 0.3 is 5.97 Å². The SMILES string of the molecule is CC(C)(Oc1cc(Cl)c(Oc2ccncc2C(=O)N2CCN(C3CC3)c3ccccc32)cc1Cl)C(=O)O. The largest absolute Gasteiger partial charge is 0.478 e. The Balaban J connectivity index is 1.42. The third-order valence-electron chi connectivity index (χ3n) is 6.38. The van der Waals surface area contributed by atoms with Crippen LogP contribution in [0.15, 0.2) is 54.9 Å². The number of fused-ring (bicyclic) bond motifs is 1. The maximum Gasteiger partial charge on any atom is 0.347 e. The number of rotatable bonds is 7. The van der Waals surface area contributed by atoms with E-state index in [-0.39, 0.29) is 38.8 Å². The lowest BCUT2D eigenvalue weighted by atomic mass is 10.1. The number of carboxylic acids is 1. The van der Waals surface area contributed by atoms with Gasteiger partial charge in [-0.2, -0.15) is 0 Å². The summed E-state index contributed by atoms with van der Waals surface area (Å²) in [5.41, 5.74) is 0.659. The zero-order chi connectivity index (χ0) is 26.3. The van der Waals surface area contributed by atoms with Crippen molar-refractivity contribution in [2.24, 2.45) is 0 Å². The molecule has 5 rings (SSSR count). The lowest BCUT2D eigenvalue weighted by Gasteiger charge is -2.38. The molecule has 2 heterocycles. The van der Waals surface area contributed by atoms with Gasteiger partial charge in [0.05, 0.1) is 21.4 Å². The molecule has 1 saturated carbocycles. The minimum atomic E-state index is -1.51. The molecule has 2 aliphatic rings. The van der Waals surface area contributed by atoms with E-state index < -0.39 is 11.6 Å². The fraction of sp³-hybridized carbons (Fsp3) is 0.296. The second-order valence-corrected chi connectivity index (χ2v) is 10.3. The lowest BCUT2D eigenvalue weighted by Crippen LogP contribution is -2.45. The number of carbonyl (C=O) groups is 2. The van der Waals surface area contributed by atoms with Crippen LogP contribution in [-0.4, -0.2) is 46.7 Å². The first-order chi connectivity index (χ1) is 17.7. The van der Waals surface area contributed by atoms with Gasteiger partial charge in [0.1, 0.15) is 22.8 Å². The standard InChI is InChI=1S/C27H25Cl2N3O5/c1-27(2,26(34)35)37-24-14-18(28)23(13-19(24)29)36-22-9-10-30-15-17(22)25(33)32-12-11-31(16-7-8-16)20-5-3-4-6-21(20)32/h3-6,9-10,13-16H,7-8,11-12H2,1-2H3,(H,34,35). The van der Waals surface area contributed by atoms with Crippen molar-refractivity contribution in [2.45, 2.75) is 38.3 Å². The van der Waals surface area contributed by atoms with Gasteiger partial charge < -0.3 is 24.4 Å². The third kappa shape index (κ3) is 5.04. The maximum absolute atomic E-state index is 13.7. The van der Waals surface area contributed by atoms with Crippen LogP contribution in [0.4, 0.5) is 11.4 Å². The monoisotopic (exact) mass is 541 g/mol. The van der Waals surface area contributed by atoms with E-state index in [0.29, 0.717) is 12.6 Å². The topological polar surface area (TPSA) is 92.2 Å². The average Bonchev–Trinajstić information content (AvgIpc) is 3.71. The molecule has 0 atom stereocenters. The summed E-state index contributed by atoms with van der Waals surface area (Å²) in [6, 6.07) is 12.8. The number of ether oxygens (including phenoxy) is 2. The average molecular weight is 542 g/mol. The van der Waals surface area contributed by atoms with Gasteiger partial charge in [-0.05, 0) is 44.9 Å². The molecule has 1 aliphatic heterocycles. The predicted molar refractivity (Wildman–Crippen MR) is 142 cm³/mol. The van der Waals surface area contributed by atoms with Crippen LogP contribution in [0.25, 0.3) is 0 Å². The molecule has 0 unspecified atom stereocenters. The van der Waals surface area contributed by atoms with E-state index in [9.17, 15) is 14.7 Å². The molecule has 2 aromatic carbocycles. The first kappa shape index (κ1) is 25.2. The van der Waals surface area contributed by atoms with Gasteiger partial charge in [0.15, 0.2) is 5.60 Å². The molecule has 1 amide bonds. The van der Waals surface area contributed by atoms with E-state index in [1.807, 2.05) is 24.3 Å². The summed E-state index contributed by atoms with van der Waals surface area (Å²) in [6.07, 6.45) is 5.33. The van der Waals surface area contributed by atoms with E-state index >= 15 is 0 Å². The minimum Gasteiger partial charge on any atom is -0.478 e. The van der Waals surface area contributed by atoms with Crippen LogP contribution in [0.2, 0.25) is 10.0 Å². The van der Waals surface area contributed by atoms with Gasteiger partial charge in [-0.25, -0.2) is 4.79 Å². The van der Waals surface area contributed by atoms with Gasteiger partial charge in [-0.3, -0.25) is 9.78 Å². The number of aliphatic carboxylic acids is 1. The van der Waals surface area contributed by atoms with E-state index in [0.717, 1.165) is 17.9 Å². The summed E-state index contributed by atoms with van der Waals surface area (Å²) in [4.78, 5) is 33.4. The molecule has 1 N–H and O–H groups in total. The summed E-state index contributed by atoms with van der Waals surface area (Å²) in [5, 5.41) is 9.59. The Morgan fingerprint density at radius 1 is 1.00 bits per heavy atom. The number of aromatic nitrogens is 1. The molecule has 1 fully saturated rings. The zero-order valence-corrected chi connectivity index (χ0v) is 21.8. The molecule has 0 spiro atoms. The van der Waals surface area contributed by atoms with E-state index in [2.05, 4.69) is 9.88 Å². The van der Waals surface area contributed by atoms with Crippen molar-refractivity contribution < 1.29 is 24.2 Å². The number of amides is 1. The van der Waals surface area contributed by atoms with Crippen LogP contribution < -0.4 is 19.3 Å². The van der Waals surface area contributed by atoms with E-state index in [1.165, 1.54) is 51.2 Å². The number of carboxylic acid groups (broad SMARTS) is 1. The highest BCUT2D eigenvalue weighted by molar-refractivity contribution is 6.35. The Labute approximate surface area is 224 Å². The number of halogens is 2. The van der Waals surface area contributed by atoms with Crippen molar-refractivity contribution in [1.82, 2.24) is 4.98 Å². The molecular formula is C27H25Cl2N3O5. The maximum atomic E-state index is 13.7. The Bertz CT molecular complexity index is 1380. The van der Waals surface area contributed by atoms with Crippen molar-refractivity contribution >= 4 is 46.5 Å². The number of benzene rings is 2. The quantitative estimate of drug-likeness (QED) is 0.389. The minimum absolute atomic E-state index is 0.0996. The molecule has 10 heteroatoms. The lowest BCUT2D eigenvalue weighted by molar-refractivity contribution is -0.152. The molecule has 8 nitrogen and oxygen atoms in total. The number of nitrogens with zero attached hydrogens (tertiary/aromatic N) is 3. The number of para-hydroxylation sites is 2. The normalized spacial score (nSPS) is 15.2. The molecule has 3 aromatic rings. The third-order valence-corrected chi connectivity index (χ3v) is 6.97. The molecular weight excluding hydrogens is 517 g/mol. The molecule has 0 saturated heterocycles. The van der Waals surface area contributed by atoms with Gasteiger partial charge in [-0.15, -0.1) is 0 Å². The number of carbonyl (C=O) groups excluding carboxylic acids is 1. The van der Waals surface area contributed by atoms with E-state index in [4.69, 9.17) is 32.7 Å². The molecule has 1 aromatic heterocycles. The highest BCUT2D eigenvalue weighted by Gasteiger charge is 2.36. The van der Waals surface area contributed by atoms with Gasteiger partial charge in [0.25, 0.3) is 5.91 Å². The molecule has 37 heavy (non-hydrogen) atoms. The van der Waals surface area contributed by atoms with Crippen molar-refractivity contribution in [1.29, 1.82) is 0 Å². The summed E-state index contributed by atoms with van der Waals surface area (Å²) in [5.74, 6) is -0.843. The second kappa shape index (κ2) is 9.76. The Kier molecular flexibility index (Phi) is 6.64. The van der Waals surface area contributed by atoms with Crippen LogP contribution in [0, 0.1) is 0 Å². The van der Waals surface area contributed by atoms with Gasteiger partial charge in [-0.1, -0.05) is 35.3 Å². The Morgan fingerprint density at radius 3 is 2.38 bits per heavy atom. The predicted octanol–water partition coefficient (Wildman–Crippen LogP) is 6.05. The molecule has 192 valence electrons. The smallest absolute Gasteiger partial charge is 0.347 e. The first-order valence-corrected chi connectivity index (χ1v) is 12.6. The van der Waals surface area contributed by atoms with Crippen LogP contribution in [0.3, 0.4) is 0 Å². The highest BCUT2D eigenvalue weighted by atomic mass is 35.5. The van der Waals surface area contributed by atoms with Gasteiger partial charge in [0.2, 0.25) is 0 Å².